The van der Waals surface area contributed by atoms with Crippen LogP contribution in [0.5, 0.6) is 0 Å². The highest BCUT2D eigenvalue weighted by Gasteiger charge is 2.40. The molecule has 4 rings (SSSR count). The molecule has 0 spiro atoms. The van der Waals surface area contributed by atoms with Gasteiger partial charge in [-0.1, -0.05) is 37.3 Å². The topological polar surface area (TPSA) is 103 Å². The van der Waals surface area contributed by atoms with E-state index in [1.807, 2.05) is 13.0 Å². The second kappa shape index (κ2) is 12.7. The molecule has 3 aliphatic heterocycles. The molecular formula is C26H40N4O5. The first kappa shape index (κ1) is 25.9. The molecule has 3 heterocycles. The molecular weight excluding hydrogens is 448 g/mol. The van der Waals surface area contributed by atoms with Crippen LogP contribution in [-0.2, 0) is 20.8 Å². The van der Waals surface area contributed by atoms with Gasteiger partial charge in [0, 0.05) is 32.2 Å². The number of fused-ring (bicyclic) bond motifs is 1. The lowest BCUT2D eigenvalue weighted by Gasteiger charge is -2.44. The largest absolute Gasteiger partial charge is 0.389 e. The lowest BCUT2D eigenvalue weighted by atomic mass is 9.95. The van der Waals surface area contributed by atoms with Crippen LogP contribution >= 0.6 is 0 Å². The lowest BCUT2D eigenvalue weighted by molar-refractivity contribution is -0.150. The summed E-state index contributed by atoms with van der Waals surface area (Å²) in [5.74, 6) is 0.0136. The van der Waals surface area contributed by atoms with Gasteiger partial charge in [0.15, 0.2) is 0 Å². The number of ether oxygens (including phenoxy) is 2. The van der Waals surface area contributed by atoms with Crippen molar-refractivity contribution >= 4 is 11.9 Å². The molecule has 1 aromatic carbocycles. The van der Waals surface area contributed by atoms with Crippen LogP contribution in [0.1, 0.15) is 44.6 Å². The van der Waals surface area contributed by atoms with Crippen molar-refractivity contribution in [3.8, 4) is 0 Å². The maximum absolute atomic E-state index is 12.8. The van der Waals surface area contributed by atoms with Gasteiger partial charge in [0.1, 0.15) is 6.10 Å². The van der Waals surface area contributed by atoms with Crippen LogP contribution in [-0.4, -0.2) is 96.6 Å². The van der Waals surface area contributed by atoms with E-state index in [4.69, 9.17) is 9.47 Å². The maximum atomic E-state index is 12.8. The third-order valence-electron chi connectivity index (χ3n) is 7.07. The first-order chi connectivity index (χ1) is 17.0. The van der Waals surface area contributed by atoms with Crippen LogP contribution in [0.25, 0.3) is 0 Å². The fourth-order valence-electron chi connectivity index (χ4n) is 5.34. The van der Waals surface area contributed by atoms with Gasteiger partial charge in [0.25, 0.3) is 0 Å². The Bertz CT molecular complexity index is 825. The van der Waals surface area contributed by atoms with Gasteiger partial charge < -0.3 is 30.1 Å². The number of carbonyl (C=O) groups is 2. The Morgan fingerprint density at radius 3 is 2.74 bits per heavy atom. The van der Waals surface area contributed by atoms with Crippen molar-refractivity contribution in [1.29, 1.82) is 0 Å². The second-order valence-corrected chi connectivity index (χ2v) is 9.99. The number of hydrogen-bond acceptors (Lipinski definition) is 6. The summed E-state index contributed by atoms with van der Waals surface area (Å²) in [5, 5.41) is 16.3. The van der Waals surface area contributed by atoms with Crippen molar-refractivity contribution in [2.24, 2.45) is 0 Å². The molecule has 1 aromatic rings. The van der Waals surface area contributed by atoms with Crippen LogP contribution in [0.2, 0.25) is 0 Å². The van der Waals surface area contributed by atoms with Gasteiger partial charge in [-0.25, -0.2) is 4.79 Å². The number of nitrogens with one attached hydrogen (secondary N) is 2. The monoisotopic (exact) mass is 488 g/mol. The van der Waals surface area contributed by atoms with Crippen LogP contribution in [0.4, 0.5) is 4.79 Å². The van der Waals surface area contributed by atoms with Crippen LogP contribution in [0.15, 0.2) is 30.3 Å². The van der Waals surface area contributed by atoms with Gasteiger partial charge in [-0.2, -0.15) is 0 Å². The summed E-state index contributed by atoms with van der Waals surface area (Å²) >= 11 is 0. The Balaban J connectivity index is 1.26. The zero-order chi connectivity index (χ0) is 24.6. The Hall–Kier alpha value is -2.20. The first-order valence-corrected chi connectivity index (χ1v) is 13.0. The molecule has 9 heteroatoms. The number of likely N-dealkylation sites (tertiary alicyclic amines) is 1. The SMILES string of the molecule is CCCNC(=O)N1C[C@H](O)COC[C@@H]2O[C@@H](CC(=O)N[C@@H]3CCN(Cc4ccccc4)C3)CC[C@H]21. The number of aliphatic hydroxyl groups is 1. The summed E-state index contributed by atoms with van der Waals surface area (Å²) in [6.45, 7) is 6.01. The minimum Gasteiger partial charge on any atom is -0.389 e. The van der Waals surface area contributed by atoms with Crippen molar-refractivity contribution in [3.05, 3.63) is 35.9 Å². The summed E-state index contributed by atoms with van der Waals surface area (Å²) in [4.78, 5) is 29.6. The van der Waals surface area contributed by atoms with E-state index in [2.05, 4.69) is 39.8 Å². The molecule has 9 nitrogen and oxygen atoms in total. The van der Waals surface area contributed by atoms with Gasteiger partial charge in [-0.05, 0) is 31.2 Å². The molecule has 3 saturated heterocycles. The third-order valence-corrected chi connectivity index (χ3v) is 7.07. The summed E-state index contributed by atoms with van der Waals surface area (Å²) in [7, 11) is 0. The number of carbonyl (C=O) groups excluding carboxylic acids is 2. The van der Waals surface area contributed by atoms with Crippen molar-refractivity contribution in [1.82, 2.24) is 20.4 Å². The minimum absolute atomic E-state index is 0.0136. The van der Waals surface area contributed by atoms with Crippen molar-refractivity contribution in [3.63, 3.8) is 0 Å². The highest BCUT2D eigenvalue weighted by atomic mass is 16.5. The number of urea groups is 1. The van der Waals surface area contributed by atoms with Gasteiger partial charge in [0.05, 0.1) is 44.4 Å². The molecule has 5 atom stereocenters. The van der Waals surface area contributed by atoms with Gasteiger partial charge in [0.2, 0.25) is 5.91 Å². The Labute approximate surface area is 208 Å². The van der Waals surface area contributed by atoms with Crippen molar-refractivity contribution in [2.45, 2.75) is 76.0 Å². The molecule has 3 aliphatic rings. The van der Waals surface area contributed by atoms with E-state index >= 15 is 0 Å². The number of amides is 3. The molecule has 0 saturated carbocycles. The fourth-order valence-corrected chi connectivity index (χ4v) is 5.34. The predicted octanol–water partition coefficient (Wildman–Crippen LogP) is 1.50. The number of rotatable bonds is 7. The quantitative estimate of drug-likeness (QED) is 0.538. The predicted molar refractivity (Wildman–Crippen MR) is 132 cm³/mol. The van der Waals surface area contributed by atoms with Crippen LogP contribution in [0, 0.1) is 0 Å². The molecule has 0 unspecified atom stereocenters. The normalized spacial score (nSPS) is 29.7. The van der Waals surface area contributed by atoms with Crippen molar-refractivity contribution in [2.75, 3.05) is 39.4 Å². The highest BCUT2D eigenvalue weighted by molar-refractivity contribution is 5.77. The zero-order valence-electron chi connectivity index (χ0n) is 20.7. The minimum atomic E-state index is -0.723. The molecule has 3 N–H and O–H groups in total. The average Bonchev–Trinajstić information content (AvgIpc) is 3.27. The maximum Gasteiger partial charge on any atom is 0.317 e. The molecule has 3 amide bonds. The number of aliphatic hydroxyl groups excluding tert-OH is 1. The summed E-state index contributed by atoms with van der Waals surface area (Å²) in [6.07, 6.45) is 2.27. The molecule has 35 heavy (non-hydrogen) atoms. The number of nitrogens with zero attached hydrogens (tertiary/aromatic N) is 2. The number of hydrogen-bond donors (Lipinski definition) is 3. The Morgan fingerprint density at radius 2 is 1.94 bits per heavy atom. The van der Waals surface area contributed by atoms with E-state index in [1.54, 1.807) is 4.90 Å². The van der Waals surface area contributed by atoms with Crippen LogP contribution in [0.3, 0.4) is 0 Å². The Morgan fingerprint density at radius 1 is 1.11 bits per heavy atom. The summed E-state index contributed by atoms with van der Waals surface area (Å²) < 4.78 is 11.9. The van der Waals surface area contributed by atoms with E-state index in [0.717, 1.165) is 32.5 Å². The van der Waals surface area contributed by atoms with Crippen molar-refractivity contribution < 1.29 is 24.2 Å². The molecule has 0 radical (unpaired) electrons. The molecule has 0 bridgehead atoms. The molecule has 0 aliphatic carbocycles. The average molecular weight is 489 g/mol. The summed E-state index contributed by atoms with van der Waals surface area (Å²) in [6, 6.07) is 10.2. The van der Waals surface area contributed by atoms with Gasteiger partial charge >= 0.3 is 6.03 Å². The fraction of sp³-hybridized carbons (Fsp3) is 0.692. The third kappa shape index (κ3) is 7.39. The lowest BCUT2D eigenvalue weighted by Crippen LogP contribution is -2.59. The first-order valence-electron chi connectivity index (χ1n) is 13.0. The van der Waals surface area contributed by atoms with Gasteiger partial charge in [-0.3, -0.25) is 9.69 Å². The van der Waals surface area contributed by atoms with Gasteiger partial charge in [-0.15, -0.1) is 0 Å². The highest BCUT2D eigenvalue weighted by Crippen LogP contribution is 2.28. The molecule has 194 valence electrons. The standard InChI is InChI=1S/C26H40N4O5/c1-2-11-27-26(33)30-16-21(31)17-34-18-24-23(30)9-8-22(35-24)13-25(32)28-20-10-12-29(15-20)14-19-6-4-3-5-7-19/h3-7,20-24,31H,2,8-18H2,1H3,(H,27,33)(H,28,32)/t20-,21+,22-,23-,24+/m1/s1. The van der Waals surface area contributed by atoms with E-state index < -0.39 is 6.10 Å². The summed E-state index contributed by atoms with van der Waals surface area (Å²) in [5.41, 5.74) is 1.29. The zero-order valence-corrected chi connectivity index (χ0v) is 20.7. The van der Waals surface area contributed by atoms with E-state index in [0.29, 0.717) is 32.4 Å². The van der Waals surface area contributed by atoms with E-state index in [1.165, 1.54) is 5.56 Å². The van der Waals surface area contributed by atoms with E-state index in [-0.39, 0.29) is 49.4 Å². The number of β-amino-alcohol motifs (C(OH)–C–C–N with tert-alkyl or cyclic N) is 1. The number of benzene rings is 1. The van der Waals surface area contributed by atoms with Crippen LogP contribution < -0.4 is 10.6 Å². The molecule has 3 fully saturated rings. The smallest absolute Gasteiger partial charge is 0.317 e. The van der Waals surface area contributed by atoms with E-state index in [9.17, 15) is 14.7 Å². The second-order valence-electron chi connectivity index (χ2n) is 9.99. The Kier molecular flexibility index (Phi) is 9.37. The molecule has 0 aromatic heterocycles.